The summed E-state index contributed by atoms with van der Waals surface area (Å²) in [5.74, 6) is -3.73. The predicted molar refractivity (Wildman–Crippen MR) is 67.5 cm³/mol. The molecule has 21 heavy (non-hydrogen) atoms. The first-order valence-electron chi connectivity index (χ1n) is 5.11. The second kappa shape index (κ2) is 6.20. The standard InChI is InChI=1S/C10H8BrF3O6S/c11-6-2-1-5(3-7(6)15)9(16)20-8(10(12,13)14)4-21(17,18)19/h1-3,8,15H,4H2,(H,17,18,19). The van der Waals surface area contributed by atoms with Crippen molar-refractivity contribution in [2.75, 3.05) is 5.75 Å². The zero-order valence-corrected chi connectivity index (χ0v) is 12.4. The lowest BCUT2D eigenvalue weighted by molar-refractivity contribution is -0.197. The molecular formula is C10H8BrF3O6S. The molecule has 0 saturated heterocycles. The summed E-state index contributed by atoms with van der Waals surface area (Å²) in [5, 5.41) is 9.32. The van der Waals surface area contributed by atoms with Crippen molar-refractivity contribution in [3.8, 4) is 5.75 Å². The van der Waals surface area contributed by atoms with Crippen LogP contribution in [0.3, 0.4) is 0 Å². The number of phenols is 1. The minimum absolute atomic E-state index is 0.198. The highest BCUT2D eigenvalue weighted by molar-refractivity contribution is 9.10. The summed E-state index contributed by atoms with van der Waals surface area (Å²) in [6.07, 6.45) is -8.20. The zero-order valence-electron chi connectivity index (χ0n) is 9.96. The van der Waals surface area contributed by atoms with E-state index >= 15 is 0 Å². The van der Waals surface area contributed by atoms with Crippen LogP contribution in [-0.4, -0.2) is 42.1 Å². The number of alkyl halides is 3. The minimum Gasteiger partial charge on any atom is -0.507 e. The van der Waals surface area contributed by atoms with E-state index in [-0.39, 0.29) is 4.47 Å². The Bertz CT molecular complexity index is 643. The van der Waals surface area contributed by atoms with Gasteiger partial charge in [-0.1, -0.05) is 0 Å². The highest BCUT2D eigenvalue weighted by Crippen LogP contribution is 2.27. The number of hydrogen-bond acceptors (Lipinski definition) is 5. The van der Waals surface area contributed by atoms with Crippen LogP contribution in [0.4, 0.5) is 13.2 Å². The van der Waals surface area contributed by atoms with Crippen LogP contribution in [0.2, 0.25) is 0 Å². The van der Waals surface area contributed by atoms with E-state index in [1.54, 1.807) is 0 Å². The molecule has 2 N–H and O–H groups in total. The van der Waals surface area contributed by atoms with Gasteiger partial charge in [-0.3, -0.25) is 4.55 Å². The molecule has 0 spiro atoms. The second-order valence-electron chi connectivity index (χ2n) is 3.85. The Kier molecular flexibility index (Phi) is 5.23. The van der Waals surface area contributed by atoms with Crippen molar-refractivity contribution in [1.29, 1.82) is 0 Å². The lowest BCUT2D eigenvalue weighted by atomic mass is 10.2. The fraction of sp³-hybridized carbons (Fsp3) is 0.300. The number of rotatable bonds is 4. The van der Waals surface area contributed by atoms with E-state index in [1.165, 1.54) is 6.07 Å². The summed E-state index contributed by atoms with van der Waals surface area (Å²) < 4.78 is 71.4. The van der Waals surface area contributed by atoms with Gasteiger partial charge in [-0.2, -0.15) is 21.6 Å². The second-order valence-corrected chi connectivity index (χ2v) is 6.20. The Labute approximate surface area is 125 Å². The van der Waals surface area contributed by atoms with Gasteiger partial charge in [-0.05, 0) is 34.1 Å². The third kappa shape index (κ3) is 5.52. The van der Waals surface area contributed by atoms with Crippen LogP contribution in [0.1, 0.15) is 10.4 Å². The fourth-order valence-corrected chi connectivity index (χ4v) is 2.11. The Morgan fingerprint density at radius 1 is 1.38 bits per heavy atom. The fourth-order valence-electron chi connectivity index (χ4n) is 1.22. The lowest BCUT2D eigenvalue weighted by Crippen LogP contribution is -2.39. The number of carbonyl (C=O) groups is 1. The molecule has 0 aliphatic rings. The molecule has 0 radical (unpaired) electrons. The van der Waals surface area contributed by atoms with Crippen LogP contribution < -0.4 is 0 Å². The van der Waals surface area contributed by atoms with Gasteiger partial charge in [0.1, 0.15) is 11.5 Å². The maximum atomic E-state index is 12.6. The molecular weight excluding hydrogens is 385 g/mol. The average Bonchev–Trinajstić information content (AvgIpc) is 2.28. The zero-order chi connectivity index (χ0) is 16.4. The number of aromatic hydroxyl groups is 1. The summed E-state index contributed by atoms with van der Waals surface area (Å²) in [6.45, 7) is 0. The highest BCUT2D eigenvalue weighted by Gasteiger charge is 2.45. The molecule has 0 bridgehead atoms. The largest absolute Gasteiger partial charge is 0.507 e. The van der Waals surface area contributed by atoms with Crippen LogP contribution in [0.15, 0.2) is 22.7 Å². The number of carbonyl (C=O) groups excluding carboxylic acids is 1. The molecule has 1 aromatic rings. The van der Waals surface area contributed by atoms with Gasteiger partial charge in [0.2, 0.25) is 6.10 Å². The molecule has 1 atom stereocenters. The molecule has 118 valence electrons. The van der Waals surface area contributed by atoms with Crippen molar-refractivity contribution in [1.82, 2.24) is 0 Å². The molecule has 0 aliphatic carbocycles. The Morgan fingerprint density at radius 2 is 1.95 bits per heavy atom. The van der Waals surface area contributed by atoms with Gasteiger partial charge in [0.05, 0.1) is 10.0 Å². The Hall–Kier alpha value is -1.33. The lowest BCUT2D eigenvalue weighted by Gasteiger charge is -2.19. The molecule has 6 nitrogen and oxygen atoms in total. The quantitative estimate of drug-likeness (QED) is 0.601. The van der Waals surface area contributed by atoms with E-state index in [2.05, 4.69) is 20.7 Å². The van der Waals surface area contributed by atoms with Gasteiger partial charge >= 0.3 is 12.1 Å². The molecule has 0 aromatic heterocycles. The first-order chi connectivity index (χ1) is 9.40. The van der Waals surface area contributed by atoms with Crippen molar-refractivity contribution in [2.45, 2.75) is 12.3 Å². The van der Waals surface area contributed by atoms with Gasteiger partial charge < -0.3 is 9.84 Å². The third-order valence-corrected chi connectivity index (χ3v) is 3.55. The van der Waals surface area contributed by atoms with Crippen LogP contribution in [-0.2, 0) is 14.9 Å². The number of ether oxygens (including phenoxy) is 1. The summed E-state index contributed by atoms with van der Waals surface area (Å²) >= 11 is 2.91. The minimum atomic E-state index is -5.18. The van der Waals surface area contributed by atoms with Crippen molar-refractivity contribution in [2.24, 2.45) is 0 Å². The average molecular weight is 393 g/mol. The van der Waals surface area contributed by atoms with Crippen LogP contribution >= 0.6 is 15.9 Å². The molecule has 1 unspecified atom stereocenters. The van der Waals surface area contributed by atoms with E-state index in [0.717, 1.165) is 12.1 Å². The van der Waals surface area contributed by atoms with Crippen molar-refractivity contribution >= 4 is 32.0 Å². The van der Waals surface area contributed by atoms with Crippen molar-refractivity contribution in [3.05, 3.63) is 28.2 Å². The highest BCUT2D eigenvalue weighted by atomic mass is 79.9. The normalized spacial score (nSPS) is 13.8. The third-order valence-electron chi connectivity index (χ3n) is 2.16. The van der Waals surface area contributed by atoms with Crippen LogP contribution in [0, 0.1) is 0 Å². The smallest absolute Gasteiger partial charge is 0.426 e. The monoisotopic (exact) mass is 392 g/mol. The van der Waals surface area contributed by atoms with E-state index in [0.29, 0.717) is 0 Å². The summed E-state index contributed by atoms with van der Waals surface area (Å²) in [6, 6.07) is 3.09. The number of esters is 1. The predicted octanol–water partition coefficient (Wildman–Crippen LogP) is 2.13. The Morgan fingerprint density at radius 3 is 2.38 bits per heavy atom. The first kappa shape index (κ1) is 17.7. The van der Waals surface area contributed by atoms with Gasteiger partial charge in [0, 0.05) is 0 Å². The molecule has 0 aliphatic heterocycles. The summed E-state index contributed by atoms with van der Waals surface area (Å²) in [7, 11) is -5.00. The molecule has 11 heteroatoms. The molecule has 0 heterocycles. The summed E-state index contributed by atoms with van der Waals surface area (Å²) in [4.78, 5) is 11.5. The van der Waals surface area contributed by atoms with Gasteiger partial charge in [-0.15, -0.1) is 0 Å². The number of phenolic OH excluding ortho intramolecular Hbond substituents is 1. The maximum Gasteiger partial charge on any atom is 0.426 e. The molecule has 1 aromatic carbocycles. The van der Waals surface area contributed by atoms with Crippen LogP contribution in [0.5, 0.6) is 5.75 Å². The maximum absolute atomic E-state index is 12.6. The van der Waals surface area contributed by atoms with E-state index < -0.39 is 45.4 Å². The topological polar surface area (TPSA) is 101 Å². The Balaban J connectivity index is 2.98. The molecule has 0 saturated carbocycles. The number of benzene rings is 1. The SMILES string of the molecule is O=C(OC(CS(=O)(=O)O)C(F)(F)F)c1ccc(Br)c(O)c1. The first-order valence-corrected chi connectivity index (χ1v) is 7.52. The van der Waals surface area contributed by atoms with Gasteiger partial charge in [-0.25, -0.2) is 4.79 Å². The van der Waals surface area contributed by atoms with Gasteiger partial charge in [0.25, 0.3) is 10.1 Å². The molecule has 1 rings (SSSR count). The van der Waals surface area contributed by atoms with Gasteiger partial charge in [0.15, 0.2) is 0 Å². The molecule has 0 amide bonds. The van der Waals surface area contributed by atoms with Crippen LogP contribution in [0.25, 0.3) is 0 Å². The number of halogens is 4. The molecule has 0 fully saturated rings. The van der Waals surface area contributed by atoms with Crippen molar-refractivity contribution < 1.29 is 40.8 Å². The van der Waals surface area contributed by atoms with E-state index in [1.807, 2.05) is 0 Å². The van der Waals surface area contributed by atoms with Crippen molar-refractivity contribution in [3.63, 3.8) is 0 Å². The number of hydrogen-bond donors (Lipinski definition) is 2. The van der Waals surface area contributed by atoms with E-state index in [4.69, 9.17) is 4.55 Å². The summed E-state index contributed by atoms with van der Waals surface area (Å²) in [5.41, 5.74) is -0.416. The van der Waals surface area contributed by atoms with E-state index in [9.17, 15) is 31.5 Å².